The van der Waals surface area contributed by atoms with Crippen molar-refractivity contribution in [3.63, 3.8) is 0 Å². The molecule has 0 unspecified atom stereocenters. The Morgan fingerprint density at radius 2 is 0.420 bits per heavy atom. The molecule has 0 amide bonds. The van der Waals surface area contributed by atoms with Gasteiger partial charge in [-0.1, -0.05) is 334 Å². The van der Waals surface area contributed by atoms with Crippen molar-refractivity contribution in [2.75, 3.05) is 14.7 Å². The predicted octanol–water partition coefficient (Wildman–Crippen LogP) is 37.5. The summed E-state index contributed by atoms with van der Waals surface area (Å²) in [5, 5.41) is 20.4. The van der Waals surface area contributed by atoms with Crippen LogP contribution in [0.15, 0.2) is 431 Å². The molecule has 0 heterocycles. The number of anilines is 9. The number of hydrogen-bond donors (Lipinski definition) is 0. The van der Waals surface area contributed by atoms with E-state index < -0.39 is 0 Å². The van der Waals surface area contributed by atoms with Crippen molar-refractivity contribution < 1.29 is 0 Å². The van der Waals surface area contributed by atoms with Gasteiger partial charge in [0.2, 0.25) is 0 Å². The number of rotatable bonds is 10. The zero-order valence-electron chi connectivity index (χ0n) is 80.9. The Hall–Kier alpha value is -14.9. The second-order valence-electron chi connectivity index (χ2n) is 45.3. The molecule has 21 aromatic rings. The van der Waals surface area contributed by atoms with Crippen LogP contribution in [0.5, 0.6) is 0 Å². The molecule has 0 aromatic heterocycles. The molecule has 21 aromatic carbocycles. The first-order valence-electron chi connectivity index (χ1n) is 53.7. The molecule has 0 radical (unpaired) electrons. The summed E-state index contributed by atoms with van der Waals surface area (Å²) in [5.41, 5.74) is 32.4. The smallest absolute Gasteiger partial charge is 0.0546 e. The fourth-order valence-electron chi connectivity index (χ4n) is 33.8. The van der Waals surface area contributed by atoms with Crippen LogP contribution in [0.4, 0.5) is 51.2 Å². The van der Waals surface area contributed by atoms with E-state index in [4.69, 9.17) is 0 Å². The van der Waals surface area contributed by atoms with Crippen LogP contribution in [0.25, 0.3) is 131 Å². The third-order valence-corrected chi connectivity index (χ3v) is 38.6. The molecule has 12 bridgehead atoms. The fourth-order valence-corrected chi connectivity index (χ4v) is 33.8. The molecule has 15 aliphatic carbocycles. The molecule has 0 saturated heterocycles. The van der Waals surface area contributed by atoms with Gasteiger partial charge in [-0.2, -0.15) is 0 Å². The maximum atomic E-state index is 2.56. The third kappa shape index (κ3) is 12.4. The summed E-state index contributed by atoms with van der Waals surface area (Å²) in [6.45, 7) is 0. The van der Waals surface area contributed by atoms with Gasteiger partial charge in [-0.3, -0.25) is 0 Å². The maximum absolute atomic E-state index is 2.56. The Morgan fingerprint density at radius 1 is 0.147 bits per heavy atom. The number of hydrogen-bond acceptors (Lipinski definition) is 3. The zero-order chi connectivity index (χ0) is 93.5. The Kier molecular flexibility index (Phi) is 18.6. The average Bonchev–Trinajstić information content (AvgIpc) is 1.53. The Balaban J connectivity index is 0.0000000981. The second kappa shape index (κ2) is 32.1. The van der Waals surface area contributed by atoms with Gasteiger partial charge >= 0.3 is 0 Å². The van der Waals surface area contributed by atoms with Gasteiger partial charge in [0, 0.05) is 66.8 Å². The molecule has 0 aliphatic heterocycles. The van der Waals surface area contributed by atoms with E-state index in [1.807, 2.05) is 0 Å². The van der Waals surface area contributed by atoms with Gasteiger partial charge < -0.3 is 14.7 Å². The van der Waals surface area contributed by atoms with Crippen molar-refractivity contribution in [2.45, 2.75) is 113 Å². The first-order valence-corrected chi connectivity index (χ1v) is 53.7. The monoisotopic (exact) mass is 1840 g/mol. The predicted molar refractivity (Wildman–Crippen MR) is 599 cm³/mol. The van der Waals surface area contributed by atoms with Gasteiger partial charge in [-0.05, 0) is 418 Å². The topological polar surface area (TPSA) is 9.72 Å². The molecule has 36 rings (SSSR count). The van der Waals surface area contributed by atoms with Crippen molar-refractivity contribution in [1.82, 2.24) is 0 Å². The molecule has 12 fully saturated rings. The molecule has 0 N–H and O–H groups in total. The van der Waals surface area contributed by atoms with Crippen LogP contribution in [0.2, 0.25) is 0 Å². The third-order valence-electron chi connectivity index (χ3n) is 38.6. The average molecular weight is 1840 g/mol. The van der Waals surface area contributed by atoms with Crippen LogP contribution in [-0.2, 0) is 16.2 Å². The van der Waals surface area contributed by atoms with Gasteiger partial charge in [0.15, 0.2) is 0 Å². The lowest BCUT2D eigenvalue weighted by Crippen LogP contribution is -2.55. The standard InChI is InChI=1S/C48H39N.2C46H37N/c1-2-11-34(12-3-1)40-21-23-47(43-16-7-6-14-41(40)43)49(38-19-18-33-10-4-5-13-35(33)29-38)39-20-22-46-44(30-39)42-15-8-9-17-45(42)48(46)36-25-31-24-32(27-36)28-37(48)26-31;1-2-10-32-26-36(18-17-31(32)9-1)47(45-27-33-11-3-4-12-38(33)39-13-5-6-15-41(39)45)37-19-20-44-42(28-37)40-14-7-8-16-43(40)46(44)34-22-29-21-30(24-34)25-35(46)23-29;1-2-9-33-26-37(16-15-31(33)7-1)47(38-17-19-41-34(27-38)14-13-32-8-3-4-10-40(32)41)39-18-20-45-43(28-39)42-11-5-6-12-44(42)46(45)35-22-29-21-30(24-35)25-36(46)23-29/h1-23,29-32,36-37H,24-28H2;1-20,26-30,34-35H,21-25H2;1-20,26-30,35-36H,21-25H2. The molecular formula is C140H113N3. The molecule has 3 nitrogen and oxygen atoms in total. The van der Waals surface area contributed by atoms with Gasteiger partial charge in [0.1, 0.15) is 0 Å². The largest absolute Gasteiger partial charge is 0.310 e. The number of fused-ring (bicyclic) bond motifs is 19. The van der Waals surface area contributed by atoms with Crippen molar-refractivity contribution in [1.29, 1.82) is 0 Å². The lowest BCUT2D eigenvalue weighted by molar-refractivity contribution is -0.0399. The summed E-state index contributed by atoms with van der Waals surface area (Å²) in [7, 11) is 0. The van der Waals surface area contributed by atoms with E-state index in [0.29, 0.717) is 0 Å². The van der Waals surface area contributed by atoms with Gasteiger partial charge in [0.25, 0.3) is 0 Å². The summed E-state index contributed by atoms with van der Waals surface area (Å²) in [6, 6.07) is 163. The van der Waals surface area contributed by atoms with Crippen molar-refractivity contribution in [3.8, 4) is 44.5 Å². The fraction of sp³-hybridized carbons (Fsp3) is 0.214. The van der Waals surface area contributed by atoms with E-state index in [0.717, 1.165) is 71.0 Å². The summed E-state index contributed by atoms with van der Waals surface area (Å²) >= 11 is 0. The van der Waals surface area contributed by atoms with Crippen LogP contribution in [-0.4, -0.2) is 0 Å². The summed E-state index contributed by atoms with van der Waals surface area (Å²) in [6.07, 6.45) is 21.4. The van der Waals surface area contributed by atoms with Crippen LogP contribution in [0, 0.1) is 71.0 Å². The van der Waals surface area contributed by atoms with E-state index in [1.165, 1.54) is 278 Å². The molecule has 0 atom stereocenters. The molecule has 12 saturated carbocycles. The number of benzene rings is 21. The molecule has 688 valence electrons. The van der Waals surface area contributed by atoms with Crippen molar-refractivity contribution in [2.24, 2.45) is 71.0 Å². The van der Waals surface area contributed by atoms with E-state index in [-0.39, 0.29) is 16.2 Å². The highest BCUT2D eigenvalue weighted by Crippen LogP contribution is 2.74. The molecular weight excluding hydrogens is 1720 g/mol. The second-order valence-corrected chi connectivity index (χ2v) is 45.3. The highest BCUT2D eigenvalue weighted by Gasteiger charge is 2.65. The van der Waals surface area contributed by atoms with Crippen LogP contribution in [0.1, 0.15) is 130 Å². The SMILES string of the molecule is c1ccc(-c2ccc(N(c3ccc4c(c3)-c3ccccc3C43C4CC5CC(C4)CC3C5)c3ccc4ccccc4c3)c3ccccc23)cc1.c1ccc2c(c1)-c1cc(N(c3ccc4ccccc4c3)c3cc4ccccc4c4ccccc34)ccc1C21C2CC3CC(C2)CC1C3.c1ccc2c(c1)-c1cc(N(c3ccc4ccccc4c3)c3ccc4c(ccc5ccccc54)c3)ccc1C21C2CC3CC(C2)CC1C3. The quantitative estimate of drug-likeness (QED) is 0.126. The van der Waals surface area contributed by atoms with Gasteiger partial charge in [-0.25, -0.2) is 0 Å². The van der Waals surface area contributed by atoms with Gasteiger partial charge in [0.05, 0.1) is 11.4 Å². The van der Waals surface area contributed by atoms with E-state index >= 15 is 0 Å². The van der Waals surface area contributed by atoms with E-state index in [2.05, 4.69) is 445 Å². The lowest BCUT2D eigenvalue weighted by atomic mass is 9.43. The highest BCUT2D eigenvalue weighted by molar-refractivity contribution is 6.16. The minimum Gasteiger partial charge on any atom is -0.310 e. The Morgan fingerprint density at radius 3 is 0.860 bits per heavy atom. The Labute approximate surface area is 838 Å². The minimum atomic E-state index is 0.176. The van der Waals surface area contributed by atoms with Crippen LogP contribution < -0.4 is 14.7 Å². The molecule has 143 heavy (non-hydrogen) atoms. The maximum Gasteiger partial charge on any atom is 0.0546 e. The molecule has 3 heteroatoms. The first-order chi connectivity index (χ1) is 70.7. The zero-order valence-corrected chi connectivity index (χ0v) is 80.9. The summed E-state index contributed by atoms with van der Waals surface area (Å²) in [4.78, 5) is 7.55. The lowest BCUT2D eigenvalue weighted by Gasteiger charge is -2.61. The highest BCUT2D eigenvalue weighted by atomic mass is 15.2. The van der Waals surface area contributed by atoms with Crippen molar-refractivity contribution >= 4 is 137 Å². The summed E-state index contributed by atoms with van der Waals surface area (Å²) < 4.78 is 0. The van der Waals surface area contributed by atoms with Crippen LogP contribution in [0.3, 0.4) is 0 Å². The van der Waals surface area contributed by atoms with E-state index in [1.54, 1.807) is 33.4 Å². The molecule has 15 aliphatic rings. The molecule has 3 spiro atoms. The Bertz CT molecular complexity index is 8750. The van der Waals surface area contributed by atoms with Crippen LogP contribution >= 0.6 is 0 Å². The summed E-state index contributed by atoms with van der Waals surface area (Å²) in [5.74, 6) is 10.3. The van der Waals surface area contributed by atoms with Crippen molar-refractivity contribution in [3.05, 3.63) is 464 Å². The first kappa shape index (κ1) is 82.8. The minimum absolute atomic E-state index is 0.176. The normalized spacial score (nSPS) is 24.9. The van der Waals surface area contributed by atoms with Gasteiger partial charge in [-0.15, -0.1) is 0 Å². The number of nitrogens with zero attached hydrogens (tertiary/aromatic N) is 3. The van der Waals surface area contributed by atoms with E-state index in [9.17, 15) is 0 Å².